The average Bonchev–Trinajstić information content (AvgIpc) is 2.44. The van der Waals surface area contributed by atoms with Gasteiger partial charge in [0, 0.05) is 13.0 Å². The van der Waals surface area contributed by atoms with E-state index in [4.69, 9.17) is 0 Å². The summed E-state index contributed by atoms with van der Waals surface area (Å²) in [7, 11) is 1.85. The Kier molecular flexibility index (Phi) is 3.47. The first-order chi connectivity index (χ1) is 8.65. The second-order valence-electron chi connectivity index (χ2n) is 7.35. The molecule has 0 radical (unpaired) electrons. The van der Waals surface area contributed by atoms with E-state index in [1.54, 1.807) is 0 Å². The zero-order valence-electron chi connectivity index (χ0n) is 13.1. The third kappa shape index (κ3) is 1.83. The van der Waals surface area contributed by atoms with Crippen LogP contribution in [0.25, 0.3) is 0 Å². The van der Waals surface area contributed by atoms with Crippen LogP contribution in [0.1, 0.15) is 53.9 Å². The zero-order valence-corrected chi connectivity index (χ0v) is 13.1. The van der Waals surface area contributed by atoms with Crippen molar-refractivity contribution in [3.63, 3.8) is 0 Å². The number of amides is 1. The van der Waals surface area contributed by atoms with Crippen LogP contribution in [0.2, 0.25) is 0 Å². The lowest BCUT2D eigenvalue weighted by Gasteiger charge is -2.52. The van der Waals surface area contributed by atoms with Crippen LogP contribution in [0.3, 0.4) is 0 Å². The minimum absolute atomic E-state index is 0.0229. The minimum atomic E-state index is -0.820. The van der Waals surface area contributed by atoms with Crippen molar-refractivity contribution >= 4 is 5.91 Å². The Bertz CT molecular complexity index is 380. The lowest BCUT2D eigenvalue weighted by atomic mass is 9.69. The van der Waals surface area contributed by atoms with E-state index in [2.05, 4.69) is 20.8 Å². The van der Waals surface area contributed by atoms with Gasteiger partial charge in [-0.1, -0.05) is 27.2 Å². The van der Waals surface area contributed by atoms with Crippen molar-refractivity contribution in [2.24, 2.45) is 17.8 Å². The summed E-state index contributed by atoms with van der Waals surface area (Å²) in [5.41, 5.74) is -1.34. The molecule has 0 bridgehead atoms. The van der Waals surface area contributed by atoms with Gasteiger partial charge in [0.2, 0.25) is 5.91 Å². The Hall–Kier alpha value is -0.610. The van der Waals surface area contributed by atoms with Crippen LogP contribution in [0, 0.1) is 17.8 Å². The molecule has 1 spiro atoms. The second-order valence-corrected chi connectivity index (χ2v) is 7.35. The molecule has 2 rings (SSSR count). The number of hydrogen-bond acceptors (Lipinski definition) is 3. The number of likely N-dealkylation sites (N-methyl/N-ethyl adjacent to an activating group) is 1. The fourth-order valence-corrected chi connectivity index (χ4v) is 4.26. The number of rotatable bonds is 1. The van der Waals surface area contributed by atoms with Crippen LogP contribution in [0.5, 0.6) is 0 Å². The van der Waals surface area contributed by atoms with Crippen LogP contribution >= 0.6 is 0 Å². The van der Waals surface area contributed by atoms with Crippen molar-refractivity contribution in [2.45, 2.75) is 65.1 Å². The Balaban J connectivity index is 2.50. The predicted octanol–water partition coefficient (Wildman–Crippen LogP) is 2.72. The van der Waals surface area contributed by atoms with E-state index in [1.807, 2.05) is 25.8 Å². The molecule has 1 heterocycles. The second kappa shape index (κ2) is 4.45. The number of nitrogens with zero attached hydrogens (tertiary/aromatic N) is 2. The van der Waals surface area contributed by atoms with Gasteiger partial charge in [0.1, 0.15) is 11.2 Å². The molecule has 3 unspecified atom stereocenters. The highest BCUT2D eigenvalue weighted by Gasteiger charge is 2.64. The van der Waals surface area contributed by atoms with E-state index in [1.165, 1.54) is 11.5 Å². The van der Waals surface area contributed by atoms with Crippen LogP contribution in [0.4, 0.5) is 0 Å². The summed E-state index contributed by atoms with van der Waals surface area (Å²) in [5, 5.41) is 12.1. The third-order valence-electron chi connectivity index (χ3n) is 5.32. The van der Waals surface area contributed by atoms with Crippen LogP contribution < -0.4 is 0 Å². The first-order valence-electron chi connectivity index (χ1n) is 7.43. The molecule has 0 aromatic heterocycles. The van der Waals surface area contributed by atoms with E-state index in [0.717, 1.165) is 12.8 Å². The van der Waals surface area contributed by atoms with Gasteiger partial charge in [-0.05, 0) is 38.5 Å². The molecule has 4 nitrogen and oxygen atoms in total. The van der Waals surface area contributed by atoms with Gasteiger partial charge in [0.05, 0.1) is 0 Å². The number of hydrogen-bond donors (Lipinski definition) is 1. The lowest BCUT2D eigenvalue weighted by Crippen LogP contribution is -2.62. The van der Waals surface area contributed by atoms with Gasteiger partial charge in [-0.3, -0.25) is 4.79 Å². The Labute approximate surface area is 116 Å². The summed E-state index contributed by atoms with van der Waals surface area (Å²) in [5.74, 6) is 1.33. The van der Waals surface area contributed by atoms with Gasteiger partial charge in [0.25, 0.3) is 0 Å². The molecule has 110 valence electrons. The molecule has 0 aromatic rings. The summed E-state index contributed by atoms with van der Waals surface area (Å²) in [6.45, 7) is 10.2. The standard InChI is InChI=1S/C15H28N2O2/c1-10(2)12-8-7-11(3)9-15(12)16(6)13(18)14(4,5)17(15)19/h10-12,19H,7-9H2,1-6H3. The van der Waals surface area contributed by atoms with E-state index < -0.39 is 11.2 Å². The fourth-order valence-electron chi connectivity index (χ4n) is 4.26. The maximum Gasteiger partial charge on any atom is 0.246 e. The first kappa shape index (κ1) is 14.8. The topological polar surface area (TPSA) is 43.8 Å². The van der Waals surface area contributed by atoms with Crippen LogP contribution in [-0.2, 0) is 4.79 Å². The molecular weight excluding hydrogens is 240 g/mol. The van der Waals surface area contributed by atoms with Gasteiger partial charge in [-0.25, -0.2) is 0 Å². The third-order valence-corrected chi connectivity index (χ3v) is 5.32. The highest BCUT2D eigenvalue weighted by Crippen LogP contribution is 2.51. The van der Waals surface area contributed by atoms with E-state index in [0.29, 0.717) is 17.8 Å². The summed E-state index contributed by atoms with van der Waals surface area (Å²) in [6.07, 6.45) is 3.11. The highest BCUT2D eigenvalue weighted by molar-refractivity contribution is 5.88. The fraction of sp³-hybridized carbons (Fsp3) is 0.933. The molecule has 1 N–H and O–H groups in total. The first-order valence-corrected chi connectivity index (χ1v) is 7.43. The molecule has 1 amide bonds. The molecule has 2 aliphatic rings. The van der Waals surface area contributed by atoms with Gasteiger partial charge in [-0.2, -0.15) is 5.06 Å². The molecule has 19 heavy (non-hydrogen) atoms. The summed E-state index contributed by atoms with van der Waals surface area (Å²) in [6, 6.07) is 0. The maximum atomic E-state index is 12.5. The molecule has 2 fully saturated rings. The minimum Gasteiger partial charge on any atom is -0.323 e. The SMILES string of the molecule is CC1CCC(C(C)C)C2(C1)N(C)C(=O)C(C)(C)N2O. The van der Waals surface area contributed by atoms with Gasteiger partial charge < -0.3 is 10.1 Å². The van der Waals surface area contributed by atoms with Crippen molar-refractivity contribution in [1.29, 1.82) is 0 Å². The summed E-state index contributed by atoms with van der Waals surface area (Å²) >= 11 is 0. The van der Waals surface area contributed by atoms with Crippen molar-refractivity contribution in [2.75, 3.05) is 7.05 Å². The normalized spacial score (nSPS) is 39.6. The monoisotopic (exact) mass is 268 g/mol. The smallest absolute Gasteiger partial charge is 0.246 e. The molecule has 1 aliphatic carbocycles. The largest absolute Gasteiger partial charge is 0.323 e. The number of hydroxylamine groups is 2. The van der Waals surface area contributed by atoms with Gasteiger partial charge in [-0.15, -0.1) is 0 Å². The highest BCUT2D eigenvalue weighted by atomic mass is 16.5. The van der Waals surface area contributed by atoms with Gasteiger partial charge in [0.15, 0.2) is 0 Å². The van der Waals surface area contributed by atoms with E-state index >= 15 is 0 Å². The van der Waals surface area contributed by atoms with Crippen LogP contribution in [0.15, 0.2) is 0 Å². The summed E-state index contributed by atoms with van der Waals surface area (Å²) < 4.78 is 0. The molecular formula is C15H28N2O2. The van der Waals surface area contributed by atoms with Crippen molar-refractivity contribution < 1.29 is 10.0 Å². The molecule has 1 aliphatic heterocycles. The molecule has 1 saturated heterocycles. The molecule has 1 saturated carbocycles. The molecule has 3 atom stereocenters. The molecule has 0 aromatic carbocycles. The Morgan fingerprint density at radius 3 is 2.32 bits per heavy atom. The maximum absolute atomic E-state index is 12.5. The van der Waals surface area contributed by atoms with Crippen LogP contribution in [-0.4, -0.2) is 39.3 Å². The number of carbonyl (C=O) groups excluding carboxylic acids is 1. The van der Waals surface area contributed by atoms with Gasteiger partial charge >= 0.3 is 0 Å². The van der Waals surface area contributed by atoms with Crippen molar-refractivity contribution in [3.8, 4) is 0 Å². The quantitative estimate of drug-likeness (QED) is 0.795. The number of carbonyl (C=O) groups is 1. The summed E-state index contributed by atoms with van der Waals surface area (Å²) in [4.78, 5) is 14.3. The Morgan fingerprint density at radius 2 is 1.89 bits per heavy atom. The average molecular weight is 268 g/mol. The van der Waals surface area contributed by atoms with Crippen molar-refractivity contribution in [1.82, 2.24) is 9.96 Å². The van der Waals surface area contributed by atoms with E-state index in [9.17, 15) is 10.0 Å². The van der Waals surface area contributed by atoms with Crippen molar-refractivity contribution in [3.05, 3.63) is 0 Å². The predicted molar refractivity (Wildman–Crippen MR) is 74.5 cm³/mol. The van der Waals surface area contributed by atoms with E-state index in [-0.39, 0.29) is 5.91 Å². The lowest BCUT2D eigenvalue weighted by molar-refractivity contribution is -0.258. The molecule has 4 heteroatoms. The Morgan fingerprint density at radius 1 is 1.32 bits per heavy atom. The zero-order chi connectivity index (χ0) is 14.6.